The van der Waals surface area contributed by atoms with Gasteiger partial charge >= 0.3 is 0 Å². The Bertz CT molecular complexity index is 291. The molecule has 0 atom stereocenters. The van der Waals surface area contributed by atoms with Crippen LogP contribution in [0.5, 0.6) is 0 Å². The van der Waals surface area contributed by atoms with E-state index in [0.717, 1.165) is 29.8 Å². The van der Waals surface area contributed by atoms with Crippen LogP contribution < -0.4 is 0 Å². The van der Waals surface area contributed by atoms with Crippen molar-refractivity contribution in [3.8, 4) is 0 Å². The smallest absolute Gasteiger partial charge is 0.0410 e. The van der Waals surface area contributed by atoms with Gasteiger partial charge in [-0.2, -0.15) is 0 Å². The van der Waals surface area contributed by atoms with Gasteiger partial charge in [-0.1, -0.05) is 26.0 Å². The van der Waals surface area contributed by atoms with Crippen molar-refractivity contribution in [2.24, 2.45) is 0 Å². The molecule has 0 spiro atoms. The zero-order valence-corrected chi connectivity index (χ0v) is 8.72. The van der Waals surface area contributed by atoms with Crippen LogP contribution in [0.1, 0.15) is 37.7 Å². The summed E-state index contributed by atoms with van der Waals surface area (Å²) in [6, 6.07) is 4.25. The molecule has 0 aliphatic heterocycles. The number of hydrogen-bond donors (Lipinski definition) is 0. The maximum absolute atomic E-state index is 4.51. The van der Waals surface area contributed by atoms with Gasteiger partial charge in [0.1, 0.15) is 0 Å². The summed E-state index contributed by atoms with van der Waals surface area (Å²) in [4.78, 5) is 4.51. The first-order valence-corrected chi connectivity index (χ1v) is 4.83. The Labute approximate surface area is 80.5 Å². The Morgan fingerprint density at radius 3 is 2.00 bits per heavy atom. The molecule has 0 aliphatic rings. The highest BCUT2D eigenvalue weighted by molar-refractivity contribution is 5.61. The third-order valence-electron chi connectivity index (χ3n) is 2.15. The first-order chi connectivity index (χ1) is 6.17. The number of hydrogen-bond acceptors (Lipinski definition) is 1. The van der Waals surface area contributed by atoms with Gasteiger partial charge in [0.05, 0.1) is 0 Å². The highest BCUT2D eigenvalue weighted by Crippen LogP contribution is 2.14. The summed E-state index contributed by atoms with van der Waals surface area (Å²) in [7, 11) is 0. The fourth-order valence-electron chi connectivity index (χ4n) is 1.26. The van der Waals surface area contributed by atoms with E-state index in [-0.39, 0.29) is 0 Å². The summed E-state index contributed by atoms with van der Waals surface area (Å²) in [5, 5.41) is 0. The molecule has 0 saturated heterocycles. The van der Waals surface area contributed by atoms with Crippen molar-refractivity contribution in [2.75, 3.05) is 0 Å². The molecule has 0 fully saturated rings. The largest absolute Gasteiger partial charge is 0.258 e. The van der Waals surface area contributed by atoms with Gasteiger partial charge in [-0.3, -0.25) is 4.98 Å². The molecule has 0 saturated carbocycles. The van der Waals surface area contributed by atoms with E-state index >= 15 is 0 Å². The van der Waals surface area contributed by atoms with E-state index in [1.54, 1.807) is 0 Å². The Hall–Kier alpha value is -1.11. The molecule has 0 unspecified atom stereocenters. The zero-order chi connectivity index (χ0) is 9.84. The summed E-state index contributed by atoms with van der Waals surface area (Å²) in [6.45, 7) is 10.2. The van der Waals surface area contributed by atoms with Crippen molar-refractivity contribution in [3.05, 3.63) is 35.7 Å². The predicted octanol–water partition coefficient (Wildman–Crippen LogP) is 3.24. The van der Waals surface area contributed by atoms with Crippen molar-refractivity contribution in [1.82, 2.24) is 4.98 Å². The second kappa shape index (κ2) is 4.22. The van der Waals surface area contributed by atoms with Crippen molar-refractivity contribution in [1.29, 1.82) is 0 Å². The minimum atomic E-state index is 0.994. The zero-order valence-electron chi connectivity index (χ0n) is 8.72. The molecule has 0 amide bonds. The lowest BCUT2D eigenvalue weighted by molar-refractivity contribution is 0.951. The Morgan fingerprint density at radius 2 is 1.69 bits per heavy atom. The fourth-order valence-corrected chi connectivity index (χ4v) is 1.26. The van der Waals surface area contributed by atoms with E-state index in [1.807, 2.05) is 6.92 Å². The lowest BCUT2D eigenvalue weighted by atomic mass is 10.1. The predicted molar refractivity (Wildman–Crippen MR) is 57.7 cm³/mol. The van der Waals surface area contributed by atoms with E-state index in [4.69, 9.17) is 0 Å². The van der Waals surface area contributed by atoms with E-state index in [2.05, 4.69) is 37.5 Å². The quantitative estimate of drug-likeness (QED) is 0.687. The minimum Gasteiger partial charge on any atom is -0.258 e. The molecule has 70 valence electrons. The average Bonchev–Trinajstić information content (AvgIpc) is 2.16. The molecule has 1 heteroatoms. The minimum absolute atomic E-state index is 0.994. The molecule has 0 aromatic carbocycles. The number of allylic oxidation sites excluding steroid dienone is 1. The van der Waals surface area contributed by atoms with Gasteiger partial charge in [0, 0.05) is 11.4 Å². The number of aromatic nitrogens is 1. The van der Waals surface area contributed by atoms with Crippen LogP contribution in [0.15, 0.2) is 18.7 Å². The molecule has 13 heavy (non-hydrogen) atoms. The molecule has 1 aromatic rings. The van der Waals surface area contributed by atoms with Crippen molar-refractivity contribution < 1.29 is 0 Å². The fraction of sp³-hybridized carbons (Fsp3) is 0.417. The van der Waals surface area contributed by atoms with Gasteiger partial charge < -0.3 is 0 Å². The van der Waals surface area contributed by atoms with Gasteiger partial charge in [-0.05, 0) is 37.5 Å². The highest BCUT2D eigenvalue weighted by atomic mass is 14.7. The van der Waals surface area contributed by atoms with Crippen molar-refractivity contribution in [2.45, 2.75) is 33.6 Å². The van der Waals surface area contributed by atoms with Crippen LogP contribution in [0, 0.1) is 0 Å². The lowest BCUT2D eigenvalue weighted by Gasteiger charge is -2.05. The van der Waals surface area contributed by atoms with Crippen LogP contribution in [-0.2, 0) is 12.8 Å². The summed E-state index contributed by atoms with van der Waals surface area (Å²) in [5.41, 5.74) is 4.67. The summed E-state index contributed by atoms with van der Waals surface area (Å²) >= 11 is 0. The number of aryl methyl sites for hydroxylation is 2. The van der Waals surface area contributed by atoms with Crippen LogP contribution in [0.4, 0.5) is 0 Å². The van der Waals surface area contributed by atoms with Gasteiger partial charge in [-0.25, -0.2) is 0 Å². The second-order valence-electron chi connectivity index (χ2n) is 3.33. The van der Waals surface area contributed by atoms with E-state index in [0.29, 0.717) is 0 Å². The first-order valence-electron chi connectivity index (χ1n) is 4.83. The molecule has 0 N–H and O–H groups in total. The third kappa shape index (κ3) is 2.41. The summed E-state index contributed by atoms with van der Waals surface area (Å²) < 4.78 is 0. The van der Waals surface area contributed by atoms with Gasteiger partial charge in [0.15, 0.2) is 0 Å². The van der Waals surface area contributed by atoms with Crippen LogP contribution >= 0.6 is 0 Å². The lowest BCUT2D eigenvalue weighted by Crippen LogP contribution is -1.95. The average molecular weight is 175 g/mol. The molecule has 1 aromatic heterocycles. The highest BCUT2D eigenvalue weighted by Gasteiger charge is 2.00. The van der Waals surface area contributed by atoms with E-state index in [9.17, 15) is 0 Å². The number of rotatable bonds is 3. The topological polar surface area (TPSA) is 12.9 Å². The number of pyridine rings is 1. The van der Waals surface area contributed by atoms with E-state index < -0.39 is 0 Å². The van der Waals surface area contributed by atoms with Crippen molar-refractivity contribution >= 4 is 5.57 Å². The van der Waals surface area contributed by atoms with Crippen LogP contribution in [-0.4, -0.2) is 4.98 Å². The normalized spacial score (nSPS) is 10.1. The molecule has 0 radical (unpaired) electrons. The van der Waals surface area contributed by atoms with Gasteiger partial charge in [0.25, 0.3) is 0 Å². The number of nitrogens with zero attached hydrogens (tertiary/aromatic N) is 1. The summed E-state index contributed by atoms with van der Waals surface area (Å²) in [6.07, 6.45) is 1.99. The Morgan fingerprint density at radius 1 is 1.23 bits per heavy atom. The maximum atomic E-state index is 4.51. The van der Waals surface area contributed by atoms with Crippen LogP contribution in [0.3, 0.4) is 0 Å². The third-order valence-corrected chi connectivity index (χ3v) is 2.15. The standard InChI is InChI=1S/C12H17N/c1-5-11-7-10(9(3)4)8-12(6-2)13-11/h7-8H,3,5-6H2,1-2,4H3. The first kappa shape index (κ1) is 9.97. The Balaban J connectivity index is 3.14. The molecular formula is C12H17N. The monoisotopic (exact) mass is 175 g/mol. The molecule has 0 aliphatic carbocycles. The van der Waals surface area contributed by atoms with Gasteiger partial charge in [0.2, 0.25) is 0 Å². The van der Waals surface area contributed by atoms with Gasteiger partial charge in [-0.15, -0.1) is 0 Å². The van der Waals surface area contributed by atoms with Crippen LogP contribution in [0.2, 0.25) is 0 Å². The second-order valence-corrected chi connectivity index (χ2v) is 3.33. The van der Waals surface area contributed by atoms with Crippen LogP contribution in [0.25, 0.3) is 5.57 Å². The molecule has 1 nitrogen and oxygen atoms in total. The molecule has 1 heterocycles. The SMILES string of the molecule is C=C(C)c1cc(CC)nc(CC)c1. The summed E-state index contributed by atoms with van der Waals surface area (Å²) in [5.74, 6) is 0. The molecule has 0 bridgehead atoms. The van der Waals surface area contributed by atoms with Crippen molar-refractivity contribution in [3.63, 3.8) is 0 Å². The molecular weight excluding hydrogens is 158 g/mol. The Kier molecular flexibility index (Phi) is 3.24. The van der Waals surface area contributed by atoms with E-state index in [1.165, 1.54) is 5.56 Å². The maximum Gasteiger partial charge on any atom is 0.0410 e. The molecule has 1 rings (SSSR count).